The average Bonchev–Trinajstić information content (AvgIpc) is 3.49. The Kier molecular flexibility index (Phi) is 66.3. The highest BCUT2D eigenvalue weighted by Crippen LogP contribution is 2.15. The van der Waals surface area contributed by atoms with Crippen molar-refractivity contribution in [2.45, 2.75) is 322 Å². The molecule has 0 amide bonds. The lowest BCUT2D eigenvalue weighted by molar-refractivity contribution is -0.167. The molecule has 472 valence electrons. The van der Waals surface area contributed by atoms with Crippen LogP contribution >= 0.6 is 0 Å². The molecule has 0 fully saturated rings. The number of hydrogen-bond donors (Lipinski definition) is 0. The van der Waals surface area contributed by atoms with E-state index in [1.165, 1.54) is 167 Å². The maximum absolute atomic E-state index is 12.9. The Morgan fingerprint density at radius 2 is 0.482 bits per heavy atom. The minimum absolute atomic E-state index is 0.102. The van der Waals surface area contributed by atoms with Crippen molar-refractivity contribution in [1.82, 2.24) is 0 Å². The van der Waals surface area contributed by atoms with Crippen LogP contribution in [0.3, 0.4) is 0 Å². The number of esters is 3. The SMILES string of the molecule is CC/C=C\C/C=C\C/C=C\C/C=C\C/C=C\C/C=C\C/C=C\C/C=C\C/C=C\CCCC(=O)OCC(COC(=O)CCCCCCCCC/C=C\CCCCCCCCC)OC(=O)CCCCCCCCC/C=C\CCCCCCCCC. The molecular formula is C77H128O6. The van der Waals surface area contributed by atoms with Gasteiger partial charge < -0.3 is 14.2 Å². The van der Waals surface area contributed by atoms with Gasteiger partial charge in [0.1, 0.15) is 13.2 Å². The first-order valence-electron chi connectivity index (χ1n) is 34.7. The Morgan fingerprint density at radius 3 is 0.795 bits per heavy atom. The first-order valence-corrected chi connectivity index (χ1v) is 34.7. The third kappa shape index (κ3) is 68.2. The minimum Gasteiger partial charge on any atom is -0.462 e. The fourth-order valence-corrected chi connectivity index (χ4v) is 9.43. The monoisotopic (exact) mass is 1150 g/mol. The molecule has 0 spiro atoms. The van der Waals surface area contributed by atoms with Gasteiger partial charge in [-0.1, -0.05) is 296 Å². The van der Waals surface area contributed by atoms with Gasteiger partial charge in [-0.05, 0) is 135 Å². The summed E-state index contributed by atoms with van der Waals surface area (Å²) in [4.78, 5) is 38.4. The molecule has 0 saturated heterocycles. The van der Waals surface area contributed by atoms with Crippen LogP contribution in [0.5, 0.6) is 0 Å². The number of rotatable bonds is 62. The lowest BCUT2D eigenvalue weighted by Crippen LogP contribution is -2.30. The van der Waals surface area contributed by atoms with Crippen molar-refractivity contribution in [3.05, 3.63) is 134 Å². The number of ether oxygens (including phenoxy) is 3. The lowest BCUT2D eigenvalue weighted by atomic mass is 10.1. The largest absolute Gasteiger partial charge is 0.462 e. The fourth-order valence-electron chi connectivity index (χ4n) is 9.43. The van der Waals surface area contributed by atoms with Crippen molar-refractivity contribution < 1.29 is 28.6 Å². The summed E-state index contributed by atoms with van der Waals surface area (Å²) in [6.07, 6.45) is 99.0. The first-order chi connectivity index (χ1) is 41.0. The van der Waals surface area contributed by atoms with Crippen molar-refractivity contribution in [2.24, 2.45) is 0 Å². The highest BCUT2D eigenvalue weighted by atomic mass is 16.6. The molecule has 0 aromatic heterocycles. The van der Waals surface area contributed by atoms with E-state index in [-0.39, 0.29) is 37.5 Å². The van der Waals surface area contributed by atoms with Crippen LogP contribution < -0.4 is 0 Å². The fraction of sp³-hybridized carbons (Fsp3) is 0.675. The zero-order valence-corrected chi connectivity index (χ0v) is 54.2. The third-order valence-corrected chi connectivity index (χ3v) is 14.6. The zero-order valence-electron chi connectivity index (χ0n) is 54.2. The molecule has 1 atom stereocenters. The Hall–Kier alpha value is -4.45. The van der Waals surface area contributed by atoms with E-state index in [0.717, 1.165) is 103 Å². The highest BCUT2D eigenvalue weighted by molar-refractivity contribution is 5.71. The van der Waals surface area contributed by atoms with E-state index in [9.17, 15) is 14.4 Å². The van der Waals surface area contributed by atoms with Gasteiger partial charge in [0, 0.05) is 19.3 Å². The van der Waals surface area contributed by atoms with Crippen LogP contribution in [0.2, 0.25) is 0 Å². The smallest absolute Gasteiger partial charge is 0.306 e. The second-order valence-electron chi connectivity index (χ2n) is 22.7. The summed E-state index contributed by atoms with van der Waals surface area (Å²) < 4.78 is 16.9. The molecule has 0 N–H and O–H groups in total. The first kappa shape index (κ1) is 78.5. The number of allylic oxidation sites excluding steroid dienone is 22. The quantitative estimate of drug-likeness (QED) is 0.0261. The maximum atomic E-state index is 12.9. The Balaban J connectivity index is 4.48. The Labute approximate surface area is 513 Å². The lowest BCUT2D eigenvalue weighted by Gasteiger charge is -2.18. The molecule has 0 aromatic rings. The van der Waals surface area contributed by atoms with E-state index >= 15 is 0 Å². The summed E-state index contributed by atoms with van der Waals surface area (Å²) in [7, 11) is 0. The van der Waals surface area contributed by atoms with E-state index in [2.05, 4.69) is 154 Å². The second-order valence-corrected chi connectivity index (χ2v) is 22.7. The van der Waals surface area contributed by atoms with Gasteiger partial charge in [0.25, 0.3) is 0 Å². The van der Waals surface area contributed by atoms with Gasteiger partial charge in [-0.3, -0.25) is 14.4 Å². The normalized spacial score (nSPS) is 13.0. The van der Waals surface area contributed by atoms with Gasteiger partial charge >= 0.3 is 17.9 Å². The summed E-state index contributed by atoms with van der Waals surface area (Å²) >= 11 is 0. The Morgan fingerprint density at radius 1 is 0.253 bits per heavy atom. The van der Waals surface area contributed by atoms with Crippen LogP contribution in [-0.4, -0.2) is 37.2 Å². The van der Waals surface area contributed by atoms with E-state index in [1.807, 2.05) is 0 Å². The van der Waals surface area contributed by atoms with Crippen LogP contribution in [-0.2, 0) is 28.6 Å². The Bertz CT molecular complexity index is 1750. The van der Waals surface area contributed by atoms with Crippen LogP contribution in [0.25, 0.3) is 0 Å². The molecule has 0 rings (SSSR count). The van der Waals surface area contributed by atoms with Crippen molar-refractivity contribution in [3.8, 4) is 0 Å². The van der Waals surface area contributed by atoms with Crippen molar-refractivity contribution in [1.29, 1.82) is 0 Å². The van der Waals surface area contributed by atoms with Gasteiger partial charge in [-0.25, -0.2) is 0 Å². The van der Waals surface area contributed by atoms with E-state index < -0.39 is 6.10 Å². The molecule has 6 nitrogen and oxygen atoms in total. The number of carbonyl (C=O) groups excluding carboxylic acids is 3. The summed E-state index contributed by atoms with van der Waals surface area (Å²) in [5.74, 6) is -0.965. The van der Waals surface area contributed by atoms with Crippen LogP contribution in [0.15, 0.2) is 134 Å². The summed E-state index contributed by atoms with van der Waals surface area (Å²) in [6.45, 7) is 6.49. The van der Waals surface area contributed by atoms with Crippen LogP contribution in [0.1, 0.15) is 316 Å². The summed E-state index contributed by atoms with van der Waals surface area (Å²) in [5.41, 5.74) is 0. The third-order valence-electron chi connectivity index (χ3n) is 14.6. The number of unbranched alkanes of at least 4 members (excludes halogenated alkanes) is 29. The second kappa shape index (κ2) is 70.0. The standard InChI is InChI=1S/C77H128O6/c1-4-7-10-13-16-19-22-25-28-31-34-35-36-37-38-39-40-41-42-43-44-47-49-52-55-58-61-64-67-70-76(79)82-73-74(83-77(80)71-68-65-62-59-56-53-50-46-33-30-27-24-21-18-15-12-9-6-3)72-81-75(78)69-66-63-60-57-54-51-48-45-32-29-26-23-20-17-14-11-8-5-2/h7,10,16,19,25,28-30,32-35,37-38,40-41,43-44,49,52,58,61,74H,4-6,8-9,11-15,17-18,20-24,26-27,31,36,39,42,45-48,50-51,53-57,59-60,62-73H2,1-3H3/b10-7-,19-16-,28-25-,32-29-,33-30-,35-34-,38-37-,41-40-,44-43-,52-49-,61-58-. The number of hydrogen-bond acceptors (Lipinski definition) is 6. The average molecular weight is 1150 g/mol. The predicted octanol–water partition coefficient (Wildman–Crippen LogP) is 24.1. The van der Waals surface area contributed by atoms with E-state index in [0.29, 0.717) is 19.3 Å². The molecule has 0 aliphatic carbocycles. The van der Waals surface area contributed by atoms with Gasteiger partial charge in [0.2, 0.25) is 0 Å². The molecule has 0 aliphatic heterocycles. The van der Waals surface area contributed by atoms with Crippen molar-refractivity contribution in [3.63, 3.8) is 0 Å². The van der Waals surface area contributed by atoms with Gasteiger partial charge in [-0.15, -0.1) is 0 Å². The molecule has 0 aromatic carbocycles. The molecular weight excluding hydrogens is 1020 g/mol. The summed E-state index contributed by atoms with van der Waals surface area (Å²) in [5, 5.41) is 0. The summed E-state index contributed by atoms with van der Waals surface area (Å²) in [6, 6.07) is 0. The van der Waals surface area contributed by atoms with Gasteiger partial charge in [0.15, 0.2) is 6.10 Å². The van der Waals surface area contributed by atoms with Crippen molar-refractivity contribution in [2.75, 3.05) is 13.2 Å². The molecule has 0 aliphatic rings. The topological polar surface area (TPSA) is 78.9 Å². The van der Waals surface area contributed by atoms with Gasteiger partial charge in [-0.2, -0.15) is 0 Å². The van der Waals surface area contributed by atoms with E-state index in [4.69, 9.17) is 14.2 Å². The zero-order chi connectivity index (χ0) is 59.9. The predicted molar refractivity (Wildman–Crippen MR) is 362 cm³/mol. The minimum atomic E-state index is -0.812. The molecule has 6 heteroatoms. The molecule has 83 heavy (non-hydrogen) atoms. The molecule has 0 radical (unpaired) electrons. The molecule has 0 saturated carbocycles. The van der Waals surface area contributed by atoms with Crippen LogP contribution in [0, 0.1) is 0 Å². The molecule has 0 heterocycles. The molecule has 1 unspecified atom stereocenters. The van der Waals surface area contributed by atoms with Crippen LogP contribution in [0.4, 0.5) is 0 Å². The number of carbonyl (C=O) groups is 3. The maximum Gasteiger partial charge on any atom is 0.306 e. The van der Waals surface area contributed by atoms with Gasteiger partial charge in [0.05, 0.1) is 0 Å². The molecule has 0 bridgehead atoms. The van der Waals surface area contributed by atoms with E-state index in [1.54, 1.807) is 0 Å². The van der Waals surface area contributed by atoms with Crippen molar-refractivity contribution >= 4 is 17.9 Å². The highest BCUT2D eigenvalue weighted by Gasteiger charge is 2.19.